The third-order valence-corrected chi connectivity index (χ3v) is 9.12. The van der Waals surface area contributed by atoms with E-state index in [2.05, 4.69) is 54.4 Å². The van der Waals surface area contributed by atoms with Crippen LogP contribution in [0, 0.1) is 12.8 Å². The number of aliphatic hydroxyl groups is 2. The lowest BCUT2D eigenvalue weighted by molar-refractivity contribution is -0.0454. The molecular weight excluding hydrogens is 556 g/mol. The Hall–Kier alpha value is -3.67. The molecule has 1 aliphatic rings. The summed E-state index contributed by atoms with van der Waals surface area (Å²) in [5.41, 5.74) is 8.26. The van der Waals surface area contributed by atoms with Gasteiger partial charge in [-0.15, -0.1) is 11.3 Å². The molecule has 0 amide bonds. The molecule has 1 aliphatic carbocycles. The Bertz CT molecular complexity index is 1800. The Morgan fingerprint density at radius 2 is 1.71 bits per heavy atom. The van der Waals surface area contributed by atoms with Crippen molar-refractivity contribution in [3.8, 4) is 27.5 Å². The summed E-state index contributed by atoms with van der Waals surface area (Å²) < 4.78 is 25.5. The third-order valence-electron chi connectivity index (χ3n) is 7.35. The van der Waals surface area contributed by atoms with Crippen LogP contribution in [0.25, 0.3) is 27.5 Å². The zero-order valence-corrected chi connectivity index (χ0v) is 24.1. The summed E-state index contributed by atoms with van der Waals surface area (Å²) in [5.74, 6) is 0.569. The van der Waals surface area contributed by atoms with Gasteiger partial charge in [0.25, 0.3) is 0 Å². The lowest BCUT2D eigenvalue weighted by atomic mass is 9.95. The van der Waals surface area contributed by atoms with Gasteiger partial charge in [0.15, 0.2) is 6.29 Å². The van der Waals surface area contributed by atoms with Crippen LogP contribution in [0.1, 0.15) is 47.2 Å². The summed E-state index contributed by atoms with van der Waals surface area (Å²) in [7, 11) is -3.79. The van der Waals surface area contributed by atoms with E-state index >= 15 is 0 Å². The average Bonchev–Trinajstić information content (AvgIpc) is 3.50. The van der Waals surface area contributed by atoms with Gasteiger partial charge in [-0.2, -0.15) is 5.10 Å². The zero-order valence-electron chi connectivity index (χ0n) is 22.4. The van der Waals surface area contributed by atoms with Gasteiger partial charge in [0.2, 0.25) is 15.2 Å². The van der Waals surface area contributed by atoms with Crippen molar-refractivity contribution in [3.63, 3.8) is 0 Å². The minimum Gasteiger partial charge on any atom is -0.363 e. The first-order valence-corrected chi connectivity index (χ1v) is 15.8. The molecule has 0 bridgehead atoms. The number of nitrogens with zero attached hydrogens (tertiary/aromatic N) is 3. The van der Waals surface area contributed by atoms with E-state index in [9.17, 15) is 18.6 Å². The van der Waals surface area contributed by atoms with Crippen molar-refractivity contribution in [1.82, 2.24) is 14.8 Å². The molecule has 0 atom stereocenters. The molecule has 1 fully saturated rings. The average molecular weight is 587 g/mol. The van der Waals surface area contributed by atoms with Gasteiger partial charge in [-0.05, 0) is 67.0 Å². The highest BCUT2D eigenvalue weighted by Crippen LogP contribution is 2.39. The van der Waals surface area contributed by atoms with Crippen molar-refractivity contribution < 1.29 is 18.6 Å². The van der Waals surface area contributed by atoms with Crippen LogP contribution in [0.15, 0.2) is 83.1 Å². The van der Waals surface area contributed by atoms with Gasteiger partial charge in [0, 0.05) is 22.9 Å². The van der Waals surface area contributed by atoms with E-state index in [1.807, 2.05) is 10.7 Å². The highest BCUT2D eigenvalue weighted by Gasteiger charge is 2.29. The van der Waals surface area contributed by atoms with Crippen molar-refractivity contribution >= 4 is 21.4 Å². The van der Waals surface area contributed by atoms with E-state index in [4.69, 9.17) is 10.2 Å². The predicted molar refractivity (Wildman–Crippen MR) is 159 cm³/mol. The predicted octanol–water partition coefficient (Wildman–Crippen LogP) is 5.15. The number of nitrogens with two attached hydrogens (primary N) is 1. The van der Waals surface area contributed by atoms with Crippen LogP contribution >= 0.6 is 11.3 Å². The van der Waals surface area contributed by atoms with E-state index in [1.165, 1.54) is 29.0 Å². The standard InChI is InChI=1S/C31H30N4O4S2/c1-19-5-11-22(12-6-19)23-3-2-4-24(17-23)29-26(15-20-9-13-25(14-10-20)41(32,38)39)27(16-21-7-8-21)34-35(29)31-33-28(18-40-31)30(36)37/h2-6,9-14,17-18,21,30,36-37H,7-8,15-16H2,1H3,(H2,32,38,39). The lowest BCUT2D eigenvalue weighted by Crippen LogP contribution is -2.11. The first-order valence-electron chi connectivity index (χ1n) is 13.4. The monoisotopic (exact) mass is 586 g/mol. The van der Waals surface area contributed by atoms with Gasteiger partial charge in [-0.1, -0.05) is 60.2 Å². The van der Waals surface area contributed by atoms with Crippen molar-refractivity contribution in [2.45, 2.75) is 43.8 Å². The maximum Gasteiger partial charge on any atom is 0.238 e. The second-order valence-electron chi connectivity index (χ2n) is 10.6. The highest BCUT2D eigenvalue weighted by molar-refractivity contribution is 7.89. The first kappa shape index (κ1) is 27.5. The molecule has 0 unspecified atom stereocenters. The normalized spacial score (nSPS) is 13.7. The summed E-state index contributed by atoms with van der Waals surface area (Å²) >= 11 is 1.30. The molecule has 4 N–H and O–H groups in total. The molecule has 5 aromatic rings. The van der Waals surface area contributed by atoms with Crippen LogP contribution in [0.3, 0.4) is 0 Å². The van der Waals surface area contributed by atoms with Gasteiger partial charge in [-0.25, -0.2) is 23.2 Å². The summed E-state index contributed by atoms with van der Waals surface area (Å²) in [6.45, 7) is 2.06. The fraction of sp³-hybridized carbons (Fsp3) is 0.226. The molecular formula is C31H30N4O4S2. The van der Waals surface area contributed by atoms with E-state index < -0.39 is 16.3 Å². The lowest BCUT2D eigenvalue weighted by Gasteiger charge is -2.12. The molecule has 8 nitrogen and oxygen atoms in total. The summed E-state index contributed by atoms with van der Waals surface area (Å²) in [6, 6.07) is 23.3. The Morgan fingerprint density at radius 1 is 1.00 bits per heavy atom. The Balaban J connectivity index is 1.52. The molecule has 10 heteroatoms. The van der Waals surface area contributed by atoms with Gasteiger partial charge in [0.05, 0.1) is 16.3 Å². The van der Waals surface area contributed by atoms with Crippen LogP contribution in [0.2, 0.25) is 0 Å². The van der Waals surface area contributed by atoms with Crippen molar-refractivity contribution in [3.05, 3.63) is 106 Å². The minimum absolute atomic E-state index is 0.0686. The molecule has 6 rings (SSSR count). The van der Waals surface area contributed by atoms with E-state index in [0.717, 1.165) is 58.5 Å². The fourth-order valence-electron chi connectivity index (χ4n) is 4.96. The van der Waals surface area contributed by atoms with Crippen molar-refractivity contribution in [2.75, 3.05) is 0 Å². The largest absolute Gasteiger partial charge is 0.363 e. The number of hydrogen-bond donors (Lipinski definition) is 3. The molecule has 0 spiro atoms. The fourth-order valence-corrected chi connectivity index (χ4v) is 6.27. The molecule has 0 radical (unpaired) electrons. The van der Waals surface area contributed by atoms with Gasteiger partial charge in [0.1, 0.15) is 5.69 Å². The quantitative estimate of drug-likeness (QED) is 0.205. The summed E-state index contributed by atoms with van der Waals surface area (Å²) in [4.78, 5) is 4.56. The van der Waals surface area contributed by atoms with E-state index in [-0.39, 0.29) is 10.6 Å². The smallest absolute Gasteiger partial charge is 0.238 e. The maximum absolute atomic E-state index is 11.8. The highest BCUT2D eigenvalue weighted by atomic mass is 32.2. The zero-order chi connectivity index (χ0) is 28.7. The number of sulfonamides is 1. The van der Waals surface area contributed by atoms with Crippen LogP contribution in [0.5, 0.6) is 0 Å². The van der Waals surface area contributed by atoms with Crippen molar-refractivity contribution in [2.24, 2.45) is 11.1 Å². The van der Waals surface area contributed by atoms with Crippen LogP contribution in [-0.4, -0.2) is 33.4 Å². The number of aromatic nitrogens is 3. The van der Waals surface area contributed by atoms with Gasteiger partial charge < -0.3 is 10.2 Å². The van der Waals surface area contributed by atoms with E-state index in [1.54, 1.807) is 17.5 Å². The van der Waals surface area contributed by atoms with Crippen LogP contribution < -0.4 is 5.14 Å². The Morgan fingerprint density at radius 3 is 2.34 bits per heavy atom. The maximum atomic E-state index is 11.8. The summed E-state index contributed by atoms with van der Waals surface area (Å²) in [6.07, 6.45) is 1.99. The molecule has 41 heavy (non-hydrogen) atoms. The van der Waals surface area contributed by atoms with Crippen LogP contribution in [-0.2, 0) is 22.9 Å². The molecule has 1 saturated carbocycles. The van der Waals surface area contributed by atoms with Crippen molar-refractivity contribution in [1.29, 1.82) is 0 Å². The number of aryl methyl sites for hydroxylation is 1. The van der Waals surface area contributed by atoms with E-state index in [0.29, 0.717) is 17.5 Å². The topological polar surface area (TPSA) is 131 Å². The Kier molecular flexibility index (Phi) is 7.35. The molecule has 2 heterocycles. The second-order valence-corrected chi connectivity index (χ2v) is 13.0. The van der Waals surface area contributed by atoms with Gasteiger partial charge in [-0.3, -0.25) is 0 Å². The number of primary sulfonamides is 1. The number of benzene rings is 3. The van der Waals surface area contributed by atoms with Gasteiger partial charge >= 0.3 is 0 Å². The number of aliphatic hydroxyl groups excluding tert-OH is 1. The molecule has 3 aromatic carbocycles. The molecule has 0 saturated heterocycles. The molecule has 2 aromatic heterocycles. The third kappa shape index (κ3) is 6.02. The summed E-state index contributed by atoms with van der Waals surface area (Å²) in [5, 5.41) is 32.0. The van der Waals surface area contributed by atoms with Crippen LogP contribution in [0.4, 0.5) is 0 Å². The number of hydrogen-bond acceptors (Lipinski definition) is 7. The second kappa shape index (κ2) is 11.0. The minimum atomic E-state index is -3.79. The number of thiazole rings is 1. The first-order chi connectivity index (χ1) is 19.7. The number of rotatable bonds is 9. The molecule has 210 valence electrons. The Labute approximate surface area is 242 Å². The molecule has 0 aliphatic heterocycles. The SMILES string of the molecule is Cc1ccc(-c2cccc(-c3c(Cc4ccc(S(N)(=O)=O)cc4)c(CC4CC4)nn3-c3nc(C(O)O)cs3)c2)cc1.